The molecule has 2 aromatic carbocycles. The normalized spacial score (nSPS) is 10.4. The Morgan fingerprint density at radius 3 is 1.93 bits per heavy atom. The number of carbonyl (C=O) groups is 3. The number of hydrogen-bond donors (Lipinski definition) is 1. The molecule has 0 saturated heterocycles. The molecule has 0 fully saturated rings. The molecule has 2 aromatic rings. The van der Waals surface area contributed by atoms with E-state index in [4.69, 9.17) is 5.73 Å². The van der Waals surface area contributed by atoms with Gasteiger partial charge in [0.25, 0.3) is 5.91 Å². The Balaban J connectivity index is 1.83. The first-order valence-electron chi connectivity index (χ1n) is 9.23. The highest BCUT2D eigenvalue weighted by Crippen LogP contribution is 2.22. The number of Topliss-reactive ketones (excluding diaryl/α,β-unsaturated/α-hetero) is 1. The van der Waals surface area contributed by atoms with Crippen molar-refractivity contribution in [3.63, 3.8) is 0 Å². The number of amides is 2. The van der Waals surface area contributed by atoms with Gasteiger partial charge in [0.2, 0.25) is 11.7 Å². The van der Waals surface area contributed by atoms with Gasteiger partial charge in [0.1, 0.15) is 0 Å². The predicted octanol–water partition coefficient (Wildman–Crippen LogP) is 3.71. The standard InChI is InChI=1S/C22H26N2O3/c1-24(22(27)20(25)11-7-2-3-8-12-21(23)26)19-15-13-18(14-16-19)17-9-5-4-6-10-17/h4-6,9-10,13-16H,2-3,7-8,11-12H2,1H3,(H2,23,26). The Hall–Kier alpha value is -2.95. The van der Waals surface area contributed by atoms with Gasteiger partial charge in [-0.2, -0.15) is 0 Å². The highest BCUT2D eigenvalue weighted by molar-refractivity contribution is 6.41. The second-order valence-corrected chi connectivity index (χ2v) is 6.58. The van der Waals surface area contributed by atoms with Crippen molar-refractivity contribution in [3.8, 4) is 11.1 Å². The molecular weight excluding hydrogens is 340 g/mol. The van der Waals surface area contributed by atoms with Crippen LogP contribution in [0.25, 0.3) is 11.1 Å². The fourth-order valence-electron chi connectivity index (χ4n) is 2.86. The van der Waals surface area contributed by atoms with Crippen LogP contribution in [0.3, 0.4) is 0 Å². The Morgan fingerprint density at radius 1 is 0.778 bits per heavy atom. The van der Waals surface area contributed by atoms with Crippen LogP contribution in [0, 0.1) is 0 Å². The van der Waals surface area contributed by atoms with E-state index in [9.17, 15) is 14.4 Å². The summed E-state index contributed by atoms with van der Waals surface area (Å²) in [7, 11) is 1.62. The number of rotatable bonds is 10. The minimum atomic E-state index is -0.500. The SMILES string of the molecule is CN(C(=O)C(=O)CCCCCCC(N)=O)c1ccc(-c2ccccc2)cc1. The van der Waals surface area contributed by atoms with Gasteiger partial charge >= 0.3 is 0 Å². The number of nitrogens with two attached hydrogens (primary N) is 1. The fourth-order valence-corrected chi connectivity index (χ4v) is 2.86. The quantitative estimate of drug-likeness (QED) is 0.514. The van der Waals surface area contributed by atoms with Crippen molar-refractivity contribution in [3.05, 3.63) is 54.6 Å². The predicted molar refractivity (Wildman–Crippen MR) is 107 cm³/mol. The van der Waals surface area contributed by atoms with Crippen LogP contribution in [0.1, 0.15) is 38.5 Å². The molecule has 0 aromatic heterocycles. The van der Waals surface area contributed by atoms with Crippen molar-refractivity contribution in [2.45, 2.75) is 38.5 Å². The number of unbranched alkanes of at least 4 members (excludes halogenated alkanes) is 3. The summed E-state index contributed by atoms with van der Waals surface area (Å²) in [4.78, 5) is 36.5. The zero-order valence-electron chi connectivity index (χ0n) is 15.7. The van der Waals surface area contributed by atoms with Crippen LogP contribution in [0.2, 0.25) is 0 Å². The highest BCUT2D eigenvalue weighted by Gasteiger charge is 2.19. The van der Waals surface area contributed by atoms with E-state index >= 15 is 0 Å². The van der Waals surface area contributed by atoms with Crippen LogP contribution in [-0.4, -0.2) is 24.6 Å². The lowest BCUT2D eigenvalue weighted by molar-refractivity contribution is -0.136. The molecule has 0 heterocycles. The fraction of sp³-hybridized carbons (Fsp3) is 0.318. The van der Waals surface area contributed by atoms with Gasteiger partial charge < -0.3 is 10.6 Å². The number of nitrogens with zero attached hydrogens (tertiary/aromatic N) is 1. The summed E-state index contributed by atoms with van der Waals surface area (Å²) in [5.74, 6) is -1.19. The van der Waals surface area contributed by atoms with Gasteiger partial charge in [-0.05, 0) is 36.1 Å². The second-order valence-electron chi connectivity index (χ2n) is 6.58. The summed E-state index contributed by atoms with van der Waals surface area (Å²) in [6.45, 7) is 0. The summed E-state index contributed by atoms with van der Waals surface area (Å²) in [5, 5.41) is 0. The molecule has 2 amide bonds. The molecule has 27 heavy (non-hydrogen) atoms. The number of carbonyl (C=O) groups excluding carboxylic acids is 3. The third-order valence-electron chi connectivity index (χ3n) is 4.48. The maximum atomic E-state index is 12.3. The Kier molecular flexibility index (Phi) is 7.74. The molecule has 142 valence electrons. The van der Waals surface area contributed by atoms with Crippen molar-refractivity contribution in [1.29, 1.82) is 0 Å². The van der Waals surface area contributed by atoms with E-state index in [0.717, 1.165) is 30.4 Å². The van der Waals surface area contributed by atoms with E-state index in [1.807, 2.05) is 54.6 Å². The third kappa shape index (κ3) is 6.37. The van der Waals surface area contributed by atoms with Crippen LogP contribution >= 0.6 is 0 Å². The lowest BCUT2D eigenvalue weighted by Crippen LogP contribution is -2.33. The van der Waals surface area contributed by atoms with Crippen LogP contribution in [0.4, 0.5) is 5.69 Å². The maximum Gasteiger partial charge on any atom is 0.294 e. The molecule has 5 nitrogen and oxygen atoms in total. The first-order chi connectivity index (χ1) is 13.0. The topological polar surface area (TPSA) is 80.5 Å². The third-order valence-corrected chi connectivity index (χ3v) is 4.48. The smallest absolute Gasteiger partial charge is 0.294 e. The number of anilines is 1. The lowest BCUT2D eigenvalue weighted by Gasteiger charge is -2.17. The summed E-state index contributed by atoms with van der Waals surface area (Å²) >= 11 is 0. The van der Waals surface area contributed by atoms with Crippen LogP contribution in [-0.2, 0) is 14.4 Å². The first-order valence-corrected chi connectivity index (χ1v) is 9.23. The minimum Gasteiger partial charge on any atom is -0.370 e. The summed E-state index contributed by atoms with van der Waals surface area (Å²) in [6, 6.07) is 17.5. The average molecular weight is 366 g/mol. The number of hydrogen-bond acceptors (Lipinski definition) is 3. The van der Waals surface area contributed by atoms with E-state index in [0.29, 0.717) is 18.5 Å². The zero-order chi connectivity index (χ0) is 19.6. The van der Waals surface area contributed by atoms with Gasteiger partial charge in [-0.1, -0.05) is 55.3 Å². The molecular formula is C22H26N2O3. The Morgan fingerprint density at radius 2 is 1.33 bits per heavy atom. The molecule has 0 unspecified atom stereocenters. The van der Waals surface area contributed by atoms with Crippen molar-refractivity contribution in [2.24, 2.45) is 5.73 Å². The van der Waals surface area contributed by atoms with Gasteiger partial charge in [0, 0.05) is 25.6 Å². The number of benzene rings is 2. The van der Waals surface area contributed by atoms with E-state index in [2.05, 4.69) is 0 Å². The molecule has 2 N–H and O–H groups in total. The molecule has 0 atom stereocenters. The molecule has 0 radical (unpaired) electrons. The monoisotopic (exact) mass is 366 g/mol. The minimum absolute atomic E-state index is 0.224. The molecule has 0 aliphatic heterocycles. The van der Waals surface area contributed by atoms with Gasteiger partial charge in [0.15, 0.2) is 0 Å². The highest BCUT2D eigenvalue weighted by atomic mass is 16.2. The average Bonchev–Trinajstić information content (AvgIpc) is 2.70. The summed E-state index contributed by atoms with van der Waals surface area (Å²) in [6.07, 6.45) is 3.61. The van der Waals surface area contributed by atoms with Gasteiger partial charge in [-0.25, -0.2) is 0 Å². The van der Waals surface area contributed by atoms with Crippen molar-refractivity contribution in [2.75, 3.05) is 11.9 Å². The number of ketones is 1. The first kappa shape index (κ1) is 20.4. The zero-order valence-corrected chi connectivity index (χ0v) is 15.7. The van der Waals surface area contributed by atoms with Crippen LogP contribution in [0.5, 0.6) is 0 Å². The number of primary amides is 1. The molecule has 0 bridgehead atoms. The van der Waals surface area contributed by atoms with Crippen LogP contribution in [0.15, 0.2) is 54.6 Å². The largest absolute Gasteiger partial charge is 0.370 e. The van der Waals surface area contributed by atoms with Crippen molar-refractivity contribution in [1.82, 2.24) is 0 Å². The maximum absolute atomic E-state index is 12.3. The number of likely N-dealkylation sites (N-methyl/N-ethyl adjacent to an activating group) is 1. The summed E-state index contributed by atoms with van der Waals surface area (Å²) < 4.78 is 0. The van der Waals surface area contributed by atoms with Gasteiger partial charge in [-0.3, -0.25) is 14.4 Å². The second kappa shape index (κ2) is 10.3. The molecule has 0 saturated carbocycles. The Bertz CT molecular complexity index is 770. The summed E-state index contributed by atoms with van der Waals surface area (Å²) in [5.41, 5.74) is 7.93. The van der Waals surface area contributed by atoms with Crippen molar-refractivity contribution >= 4 is 23.3 Å². The van der Waals surface area contributed by atoms with E-state index < -0.39 is 5.91 Å². The molecule has 2 rings (SSSR count). The molecule has 5 heteroatoms. The Labute approximate surface area is 160 Å². The molecule has 0 aliphatic rings. The van der Waals surface area contributed by atoms with E-state index in [1.54, 1.807) is 7.05 Å². The van der Waals surface area contributed by atoms with E-state index in [-0.39, 0.29) is 18.1 Å². The van der Waals surface area contributed by atoms with Gasteiger partial charge in [0.05, 0.1) is 0 Å². The molecule has 0 spiro atoms. The lowest BCUT2D eigenvalue weighted by atomic mass is 10.1. The van der Waals surface area contributed by atoms with Crippen molar-refractivity contribution < 1.29 is 14.4 Å². The van der Waals surface area contributed by atoms with E-state index in [1.165, 1.54) is 4.90 Å². The van der Waals surface area contributed by atoms with Crippen LogP contribution < -0.4 is 10.6 Å². The molecule has 0 aliphatic carbocycles. The van der Waals surface area contributed by atoms with Gasteiger partial charge in [-0.15, -0.1) is 0 Å².